The number of hydrogen-bond donors (Lipinski definition) is 0. The number of aromatic nitrogens is 1. The molecule has 1 amide bonds. The Bertz CT molecular complexity index is 420. The van der Waals surface area contributed by atoms with Crippen molar-refractivity contribution in [3.8, 4) is 5.75 Å². The van der Waals surface area contributed by atoms with Crippen LogP contribution in [0.1, 0.15) is 26.0 Å². The van der Waals surface area contributed by atoms with E-state index in [1.54, 1.807) is 6.20 Å². The third-order valence-electron chi connectivity index (χ3n) is 3.47. The first-order valence-corrected chi connectivity index (χ1v) is 6.88. The molecule has 0 N–H and O–H groups in total. The van der Waals surface area contributed by atoms with Crippen LogP contribution in [0.4, 0.5) is 0 Å². The number of piperidine rings is 1. The van der Waals surface area contributed by atoms with Crippen LogP contribution >= 0.6 is 0 Å². The van der Waals surface area contributed by atoms with Crippen LogP contribution in [0.5, 0.6) is 5.75 Å². The second kappa shape index (κ2) is 6.04. The molecule has 1 aromatic rings. The fourth-order valence-electron chi connectivity index (χ4n) is 2.64. The van der Waals surface area contributed by atoms with E-state index in [4.69, 9.17) is 4.74 Å². The van der Waals surface area contributed by atoms with Gasteiger partial charge in [-0.15, -0.1) is 0 Å². The van der Waals surface area contributed by atoms with Crippen LogP contribution in [0.3, 0.4) is 0 Å². The molecule has 1 aliphatic rings. The summed E-state index contributed by atoms with van der Waals surface area (Å²) in [5.41, 5.74) is 0.942. The molecule has 2 unspecified atom stereocenters. The molecule has 0 radical (unpaired) electrons. The summed E-state index contributed by atoms with van der Waals surface area (Å²) in [7, 11) is 0. The molecule has 104 valence electrons. The fraction of sp³-hybridized carbons (Fsp3) is 0.600. The van der Waals surface area contributed by atoms with E-state index in [9.17, 15) is 4.79 Å². The number of carbonyl (C=O) groups is 1. The van der Waals surface area contributed by atoms with E-state index >= 15 is 0 Å². The molecule has 4 heteroatoms. The Morgan fingerprint density at radius 3 is 2.63 bits per heavy atom. The van der Waals surface area contributed by atoms with Gasteiger partial charge in [-0.1, -0.05) is 13.8 Å². The SMILES string of the molecule is Cc1ccc(OCC(=O)N2CC(C)CC(C)C2)cn1. The van der Waals surface area contributed by atoms with Crippen molar-refractivity contribution in [2.75, 3.05) is 19.7 Å². The minimum Gasteiger partial charge on any atom is -0.482 e. The van der Waals surface area contributed by atoms with Crippen LogP contribution in [0.25, 0.3) is 0 Å². The number of likely N-dealkylation sites (tertiary alicyclic amines) is 1. The predicted molar refractivity (Wildman–Crippen MR) is 74.0 cm³/mol. The molecule has 2 rings (SSSR count). The molecule has 4 nitrogen and oxygen atoms in total. The molecular formula is C15H22N2O2. The van der Waals surface area contributed by atoms with Crippen LogP contribution < -0.4 is 4.74 Å². The van der Waals surface area contributed by atoms with Gasteiger partial charge in [-0.25, -0.2) is 0 Å². The highest BCUT2D eigenvalue weighted by Crippen LogP contribution is 2.21. The van der Waals surface area contributed by atoms with Crippen LogP contribution in [-0.4, -0.2) is 35.5 Å². The summed E-state index contributed by atoms with van der Waals surface area (Å²) >= 11 is 0. The molecule has 2 atom stereocenters. The van der Waals surface area contributed by atoms with Crippen molar-refractivity contribution < 1.29 is 9.53 Å². The summed E-state index contributed by atoms with van der Waals surface area (Å²) in [5, 5.41) is 0. The summed E-state index contributed by atoms with van der Waals surface area (Å²) in [4.78, 5) is 18.2. The van der Waals surface area contributed by atoms with Gasteiger partial charge >= 0.3 is 0 Å². The number of amides is 1. The van der Waals surface area contributed by atoms with Gasteiger partial charge < -0.3 is 9.64 Å². The standard InChI is InChI=1S/C15H22N2O2/c1-11-6-12(2)9-17(8-11)15(18)10-19-14-5-4-13(3)16-7-14/h4-5,7,11-12H,6,8-10H2,1-3H3. The zero-order valence-electron chi connectivity index (χ0n) is 11.9. The Morgan fingerprint density at radius 1 is 1.37 bits per heavy atom. The van der Waals surface area contributed by atoms with Crippen molar-refractivity contribution in [1.29, 1.82) is 0 Å². The molecule has 2 heterocycles. The van der Waals surface area contributed by atoms with E-state index in [0.717, 1.165) is 18.8 Å². The predicted octanol–water partition coefficient (Wildman–Crippen LogP) is 2.27. The zero-order valence-corrected chi connectivity index (χ0v) is 11.9. The largest absolute Gasteiger partial charge is 0.482 e. The molecule has 0 spiro atoms. The van der Waals surface area contributed by atoms with Crippen LogP contribution in [0.2, 0.25) is 0 Å². The van der Waals surface area contributed by atoms with E-state index in [1.165, 1.54) is 6.42 Å². The normalized spacial score (nSPS) is 23.2. The van der Waals surface area contributed by atoms with Gasteiger partial charge in [0.25, 0.3) is 5.91 Å². The first-order chi connectivity index (χ1) is 9.04. The Labute approximate surface area is 114 Å². The third-order valence-corrected chi connectivity index (χ3v) is 3.47. The molecule has 1 saturated heterocycles. The molecular weight excluding hydrogens is 240 g/mol. The number of carbonyl (C=O) groups excluding carboxylic acids is 1. The summed E-state index contributed by atoms with van der Waals surface area (Å²) in [6.07, 6.45) is 2.86. The molecule has 0 saturated carbocycles. The van der Waals surface area contributed by atoms with E-state index in [0.29, 0.717) is 17.6 Å². The lowest BCUT2D eigenvalue weighted by Gasteiger charge is -2.34. The molecule has 1 aliphatic heterocycles. The van der Waals surface area contributed by atoms with Crippen molar-refractivity contribution >= 4 is 5.91 Å². The number of rotatable bonds is 3. The van der Waals surface area contributed by atoms with Crippen LogP contribution in [0.15, 0.2) is 18.3 Å². The highest BCUT2D eigenvalue weighted by atomic mass is 16.5. The van der Waals surface area contributed by atoms with Gasteiger partial charge in [0.1, 0.15) is 5.75 Å². The fourth-order valence-corrected chi connectivity index (χ4v) is 2.64. The second-order valence-corrected chi connectivity index (χ2v) is 5.67. The van der Waals surface area contributed by atoms with Crippen molar-refractivity contribution in [2.24, 2.45) is 11.8 Å². The summed E-state index contributed by atoms with van der Waals surface area (Å²) < 4.78 is 5.49. The molecule has 1 aromatic heterocycles. The first kappa shape index (κ1) is 13.8. The zero-order chi connectivity index (χ0) is 13.8. The van der Waals surface area contributed by atoms with Crippen molar-refractivity contribution in [1.82, 2.24) is 9.88 Å². The Hall–Kier alpha value is -1.58. The van der Waals surface area contributed by atoms with E-state index < -0.39 is 0 Å². The van der Waals surface area contributed by atoms with Crippen LogP contribution in [-0.2, 0) is 4.79 Å². The molecule has 0 bridgehead atoms. The topological polar surface area (TPSA) is 42.4 Å². The van der Waals surface area contributed by atoms with Crippen LogP contribution in [0, 0.1) is 18.8 Å². The Balaban J connectivity index is 1.85. The Morgan fingerprint density at radius 2 is 2.05 bits per heavy atom. The van der Waals surface area contributed by atoms with Gasteiger partial charge in [0.15, 0.2) is 6.61 Å². The van der Waals surface area contributed by atoms with E-state index in [1.807, 2.05) is 24.0 Å². The number of pyridine rings is 1. The lowest BCUT2D eigenvalue weighted by atomic mass is 9.92. The monoisotopic (exact) mass is 262 g/mol. The molecule has 1 fully saturated rings. The number of ether oxygens (including phenoxy) is 1. The molecule has 0 aliphatic carbocycles. The third kappa shape index (κ3) is 3.94. The average molecular weight is 262 g/mol. The Kier molecular flexibility index (Phi) is 4.40. The maximum Gasteiger partial charge on any atom is 0.260 e. The number of hydrogen-bond acceptors (Lipinski definition) is 3. The highest BCUT2D eigenvalue weighted by Gasteiger charge is 2.25. The maximum atomic E-state index is 12.1. The van der Waals surface area contributed by atoms with Gasteiger partial charge in [-0.2, -0.15) is 0 Å². The summed E-state index contributed by atoms with van der Waals surface area (Å²) in [6, 6.07) is 3.72. The first-order valence-electron chi connectivity index (χ1n) is 6.88. The minimum absolute atomic E-state index is 0.0685. The van der Waals surface area contributed by atoms with Crippen molar-refractivity contribution in [2.45, 2.75) is 27.2 Å². The average Bonchev–Trinajstić information content (AvgIpc) is 2.36. The number of aryl methyl sites for hydroxylation is 1. The summed E-state index contributed by atoms with van der Waals surface area (Å²) in [5.74, 6) is 1.87. The van der Waals surface area contributed by atoms with Crippen molar-refractivity contribution in [3.63, 3.8) is 0 Å². The minimum atomic E-state index is 0.0685. The van der Waals surface area contributed by atoms with E-state index in [2.05, 4.69) is 18.8 Å². The van der Waals surface area contributed by atoms with Gasteiger partial charge in [0.05, 0.1) is 6.20 Å². The maximum absolute atomic E-state index is 12.1. The van der Waals surface area contributed by atoms with Gasteiger partial charge in [-0.05, 0) is 37.3 Å². The lowest BCUT2D eigenvalue weighted by Crippen LogP contribution is -2.44. The summed E-state index contributed by atoms with van der Waals surface area (Å²) in [6.45, 7) is 8.11. The molecule has 19 heavy (non-hydrogen) atoms. The highest BCUT2D eigenvalue weighted by molar-refractivity contribution is 5.77. The second-order valence-electron chi connectivity index (χ2n) is 5.67. The van der Waals surface area contributed by atoms with Crippen molar-refractivity contribution in [3.05, 3.63) is 24.0 Å². The molecule has 0 aromatic carbocycles. The van der Waals surface area contributed by atoms with E-state index in [-0.39, 0.29) is 12.5 Å². The van der Waals surface area contributed by atoms with Gasteiger partial charge in [-0.3, -0.25) is 9.78 Å². The quantitative estimate of drug-likeness (QED) is 0.839. The van der Waals surface area contributed by atoms with Gasteiger partial charge in [0.2, 0.25) is 0 Å². The van der Waals surface area contributed by atoms with Gasteiger partial charge in [0, 0.05) is 18.8 Å². The smallest absolute Gasteiger partial charge is 0.260 e. The number of nitrogens with zero attached hydrogens (tertiary/aromatic N) is 2. The lowest BCUT2D eigenvalue weighted by molar-refractivity contribution is -0.136.